The fourth-order valence-electron chi connectivity index (χ4n) is 4.02. The molecule has 2 saturated heterocycles. The first-order chi connectivity index (χ1) is 12.1. The highest BCUT2D eigenvalue weighted by Crippen LogP contribution is 2.26. The highest BCUT2D eigenvalue weighted by atomic mass is 16.3. The lowest BCUT2D eigenvalue weighted by Crippen LogP contribution is -2.51. The molecule has 138 valence electrons. The summed E-state index contributed by atoms with van der Waals surface area (Å²) in [4.78, 5) is 29.4. The highest BCUT2D eigenvalue weighted by Gasteiger charge is 2.41. The van der Waals surface area contributed by atoms with Gasteiger partial charge in [-0.15, -0.1) is 0 Å². The van der Waals surface area contributed by atoms with Crippen LogP contribution in [0.1, 0.15) is 36.5 Å². The van der Waals surface area contributed by atoms with Crippen LogP contribution < -0.4 is 10.6 Å². The van der Waals surface area contributed by atoms with Crippen molar-refractivity contribution < 1.29 is 14.0 Å². The minimum Gasteiger partial charge on any atom is -0.472 e. The number of carbonyl (C=O) groups is 2. The van der Waals surface area contributed by atoms with E-state index in [2.05, 4.69) is 27.4 Å². The summed E-state index contributed by atoms with van der Waals surface area (Å²) >= 11 is 0. The normalized spacial score (nSPS) is 25.8. The molecule has 0 bridgehead atoms. The molecule has 0 aliphatic carbocycles. The standard InChI is InChI=1S/C18H28N4O3/c1-3-21-7-4-15(5-8-21)22-11-14(10-16(22)18(24)19-2)20-17(23)13-6-9-25-12-13/h6,9,12,14-16H,3-5,7-8,10-11H2,1-2H3,(H,19,24)(H,20,23)/t14-,16+/m1/s1. The van der Waals surface area contributed by atoms with Crippen molar-refractivity contribution >= 4 is 11.8 Å². The number of amides is 2. The van der Waals surface area contributed by atoms with Gasteiger partial charge in [-0.25, -0.2) is 0 Å². The largest absolute Gasteiger partial charge is 0.472 e. The summed E-state index contributed by atoms with van der Waals surface area (Å²) in [5.74, 6) is -0.102. The van der Waals surface area contributed by atoms with Gasteiger partial charge in [0.15, 0.2) is 0 Å². The molecule has 2 aliphatic heterocycles. The summed E-state index contributed by atoms with van der Waals surface area (Å²) in [6.45, 7) is 6.13. The molecule has 3 rings (SSSR count). The smallest absolute Gasteiger partial charge is 0.254 e. The lowest BCUT2D eigenvalue weighted by Gasteiger charge is -2.38. The second kappa shape index (κ2) is 8.01. The van der Waals surface area contributed by atoms with Gasteiger partial charge in [0.2, 0.25) is 5.91 Å². The summed E-state index contributed by atoms with van der Waals surface area (Å²) in [5, 5.41) is 5.83. The van der Waals surface area contributed by atoms with E-state index in [4.69, 9.17) is 4.42 Å². The van der Waals surface area contributed by atoms with Crippen molar-refractivity contribution in [2.45, 2.75) is 44.3 Å². The van der Waals surface area contributed by atoms with Crippen LogP contribution in [0.3, 0.4) is 0 Å². The maximum Gasteiger partial charge on any atom is 0.254 e. The predicted molar refractivity (Wildman–Crippen MR) is 94.3 cm³/mol. The van der Waals surface area contributed by atoms with Gasteiger partial charge in [0.1, 0.15) is 6.26 Å². The average Bonchev–Trinajstić information content (AvgIpc) is 3.31. The molecule has 2 atom stereocenters. The van der Waals surface area contributed by atoms with E-state index in [-0.39, 0.29) is 23.9 Å². The molecule has 2 N–H and O–H groups in total. The third-order valence-corrected chi connectivity index (χ3v) is 5.48. The first kappa shape index (κ1) is 17.9. The summed E-state index contributed by atoms with van der Waals surface area (Å²) in [5.41, 5.74) is 0.520. The van der Waals surface area contributed by atoms with Crippen molar-refractivity contribution in [1.82, 2.24) is 20.4 Å². The van der Waals surface area contributed by atoms with Crippen LogP contribution in [0, 0.1) is 0 Å². The van der Waals surface area contributed by atoms with E-state index < -0.39 is 0 Å². The van der Waals surface area contributed by atoms with Gasteiger partial charge in [-0.05, 0) is 45.0 Å². The van der Waals surface area contributed by atoms with Crippen LogP contribution in [0.4, 0.5) is 0 Å². The van der Waals surface area contributed by atoms with Crippen LogP contribution in [0.15, 0.2) is 23.0 Å². The monoisotopic (exact) mass is 348 g/mol. The van der Waals surface area contributed by atoms with Crippen LogP contribution in [0.5, 0.6) is 0 Å². The third-order valence-electron chi connectivity index (χ3n) is 5.48. The Labute approximate surface area is 148 Å². The van der Waals surface area contributed by atoms with Crippen LogP contribution >= 0.6 is 0 Å². The van der Waals surface area contributed by atoms with Crippen LogP contribution in [0.25, 0.3) is 0 Å². The Hall–Kier alpha value is -1.86. The number of nitrogens with zero attached hydrogens (tertiary/aromatic N) is 2. The molecule has 2 aliphatic rings. The van der Waals surface area contributed by atoms with Crippen LogP contribution in [-0.4, -0.2) is 73.0 Å². The van der Waals surface area contributed by atoms with Gasteiger partial charge in [0.05, 0.1) is 17.9 Å². The van der Waals surface area contributed by atoms with Gasteiger partial charge < -0.3 is 20.0 Å². The van der Waals surface area contributed by atoms with Crippen molar-refractivity contribution in [2.24, 2.45) is 0 Å². The molecule has 2 fully saturated rings. The minimum absolute atomic E-state index is 0.0195. The molecule has 7 heteroatoms. The van der Waals surface area contributed by atoms with Gasteiger partial charge >= 0.3 is 0 Å². The Morgan fingerprint density at radius 1 is 1.32 bits per heavy atom. The summed E-state index contributed by atoms with van der Waals surface area (Å²) < 4.78 is 4.97. The van der Waals surface area contributed by atoms with Crippen LogP contribution in [0.2, 0.25) is 0 Å². The lowest BCUT2D eigenvalue weighted by molar-refractivity contribution is -0.126. The molecule has 2 amide bonds. The van der Waals surface area contributed by atoms with Gasteiger partial charge in [-0.3, -0.25) is 14.5 Å². The third kappa shape index (κ3) is 4.04. The van der Waals surface area contributed by atoms with E-state index in [9.17, 15) is 9.59 Å². The molecule has 1 aromatic rings. The molecular formula is C18H28N4O3. The fourth-order valence-corrected chi connectivity index (χ4v) is 4.02. The molecule has 25 heavy (non-hydrogen) atoms. The number of furan rings is 1. The minimum atomic E-state index is -0.169. The Morgan fingerprint density at radius 2 is 2.08 bits per heavy atom. The molecular weight excluding hydrogens is 320 g/mol. The van der Waals surface area contributed by atoms with Gasteiger partial charge in [0.25, 0.3) is 5.91 Å². The van der Waals surface area contributed by atoms with E-state index in [1.807, 2.05) is 0 Å². The van der Waals surface area contributed by atoms with Crippen molar-refractivity contribution in [3.05, 3.63) is 24.2 Å². The number of carbonyl (C=O) groups excluding carboxylic acids is 2. The number of piperidine rings is 1. The first-order valence-electron chi connectivity index (χ1n) is 9.15. The molecule has 0 saturated carbocycles. The number of likely N-dealkylation sites (tertiary alicyclic amines) is 2. The molecule has 7 nitrogen and oxygen atoms in total. The number of hydrogen-bond donors (Lipinski definition) is 2. The van der Waals surface area contributed by atoms with E-state index in [1.54, 1.807) is 13.1 Å². The zero-order chi connectivity index (χ0) is 17.8. The highest BCUT2D eigenvalue weighted by molar-refractivity contribution is 5.94. The fraction of sp³-hybridized carbons (Fsp3) is 0.667. The number of rotatable bonds is 5. The maximum atomic E-state index is 12.4. The number of nitrogens with one attached hydrogen (secondary N) is 2. The van der Waals surface area contributed by atoms with Crippen molar-refractivity contribution in [3.8, 4) is 0 Å². The topological polar surface area (TPSA) is 77.8 Å². The molecule has 0 radical (unpaired) electrons. The summed E-state index contributed by atoms with van der Waals surface area (Å²) in [7, 11) is 1.68. The average molecular weight is 348 g/mol. The Kier molecular flexibility index (Phi) is 5.75. The van der Waals surface area contributed by atoms with Gasteiger partial charge in [-0.2, -0.15) is 0 Å². The molecule has 1 aromatic heterocycles. The molecule has 3 heterocycles. The Bertz CT molecular complexity index is 581. The summed E-state index contributed by atoms with van der Waals surface area (Å²) in [6.07, 6.45) is 5.73. The quantitative estimate of drug-likeness (QED) is 0.818. The van der Waals surface area contributed by atoms with E-state index in [0.29, 0.717) is 18.0 Å². The molecule has 0 aromatic carbocycles. The zero-order valence-electron chi connectivity index (χ0n) is 15.0. The SMILES string of the molecule is CCN1CCC(N2C[C@H](NC(=O)c3ccoc3)C[C@H]2C(=O)NC)CC1. The Balaban J connectivity index is 1.64. The summed E-state index contributed by atoms with van der Waals surface area (Å²) in [6, 6.07) is 1.87. The second-order valence-electron chi connectivity index (χ2n) is 6.91. The van der Waals surface area contributed by atoms with Crippen LogP contribution in [-0.2, 0) is 4.79 Å². The van der Waals surface area contributed by atoms with E-state index >= 15 is 0 Å². The van der Waals surface area contributed by atoms with E-state index in [1.165, 1.54) is 12.5 Å². The van der Waals surface area contributed by atoms with Crippen molar-refractivity contribution in [1.29, 1.82) is 0 Å². The lowest BCUT2D eigenvalue weighted by atomic mass is 10.0. The molecule has 0 unspecified atom stereocenters. The maximum absolute atomic E-state index is 12.4. The number of hydrogen-bond acceptors (Lipinski definition) is 5. The van der Waals surface area contributed by atoms with E-state index in [0.717, 1.165) is 39.0 Å². The van der Waals surface area contributed by atoms with Crippen molar-refractivity contribution in [2.75, 3.05) is 33.2 Å². The zero-order valence-corrected chi connectivity index (χ0v) is 15.0. The predicted octanol–water partition coefficient (Wildman–Crippen LogP) is 0.683. The second-order valence-corrected chi connectivity index (χ2v) is 6.91. The van der Waals surface area contributed by atoms with Gasteiger partial charge in [-0.1, -0.05) is 6.92 Å². The molecule has 0 spiro atoms. The Morgan fingerprint density at radius 3 is 2.68 bits per heavy atom. The van der Waals surface area contributed by atoms with Crippen molar-refractivity contribution in [3.63, 3.8) is 0 Å². The van der Waals surface area contributed by atoms with Gasteiger partial charge in [0, 0.05) is 25.7 Å². The number of likely N-dealkylation sites (N-methyl/N-ethyl adjacent to an activating group) is 1. The first-order valence-corrected chi connectivity index (χ1v) is 9.15.